The van der Waals surface area contributed by atoms with Crippen molar-refractivity contribution in [3.63, 3.8) is 0 Å². The molecule has 14 heteroatoms. The third kappa shape index (κ3) is 2.06. The lowest BCUT2D eigenvalue weighted by Crippen LogP contribution is -2.73. The van der Waals surface area contributed by atoms with Crippen LogP contribution < -0.4 is 27.8 Å². The molecule has 0 radical (unpaired) electrons. The smallest absolute Gasteiger partial charge is 0.272 e. The first-order chi connectivity index (χ1) is 14.7. The number of carbonyl (C=O) groups excluding carboxylic acids is 1. The van der Waals surface area contributed by atoms with E-state index in [9.17, 15) is 9.90 Å². The highest BCUT2D eigenvalue weighted by Gasteiger charge is 2.79. The number of rotatable bonds is 1. The number of hydrogen-bond donors (Lipinski definition) is 7. The predicted molar refractivity (Wildman–Crippen MR) is 120 cm³/mol. The molecule has 4 aliphatic heterocycles. The van der Waals surface area contributed by atoms with Crippen LogP contribution in [0.1, 0.15) is 22.1 Å². The van der Waals surface area contributed by atoms with Gasteiger partial charge in [0.2, 0.25) is 0 Å². The third-order valence-corrected chi connectivity index (χ3v) is 10.3. The zero-order valence-corrected chi connectivity index (χ0v) is 19.9. The molecule has 2 spiro atoms. The lowest BCUT2D eigenvalue weighted by atomic mass is 9.70. The van der Waals surface area contributed by atoms with Crippen LogP contribution in [0.15, 0.2) is 19.1 Å². The molecule has 0 bridgehead atoms. The van der Waals surface area contributed by atoms with Gasteiger partial charge >= 0.3 is 0 Å². The molecule has 1 aromatic heterocycles. The molecule has 0 aromatic carbocycles. The van der Waals surface area contributed by atoms with Gasteiger partial charge in [0.05, 0.1) is 14.5 Å². The van der Waals surface area contributed by atoms with E-state index in [0.29, 0.717) is 26.9 Å². The minimum absolute atomic E-state index is 0.0984. The Morgan fingerprint density at radius 3 is 2.61 bits per heavy atom. The second kappa shape index (κ2) is 6.07. The van der Waals surface area contributed by atoms with Gasteiger partial charge in [-0.1, -0.05) is 0 Å². The summed E-state index contributed by atoms with van der Waals surface area (Å²) in [7, 11) is 0. The first kappa shape index (κ1) is 20.1. The fourth-order valence-corrected chi connectivity index (χ4v) is 8.19. The van der Waals surface area contributed by atoms with Gasteiger partial charge in [-0.3, -0.25) is 4.79 Å². The average molecular weight is 578 g/mol. The topological polar surface area (TPSA) is 183 Å². The molecule has 8 unspecified atom stereocenters. The van der Waals surface area contributed by atoms with Crippen molar-refractivity contribution in [3.05, 3.63) is 20.3 Å². The van der Waals surface area contributed by atoms with Gasteiger partial charge in [-0.25, -0.2) is 9.98 Å². The molecule has 166 valence electrons. The van der Waals surface area contributed by atoms with Crippen molar-refractivity contribution in [3.8, 4) is 0 Å². The number of aliphatic hydroxyl groups excluding tert-OH is 1. The number of nitrogens with one attached hydrogen (secondary N) is 3. The molecule has 2 fully saturated rings. The molecule has 1 aromatic rings. The number of aliphatic imine (C=N–C) groups is 2. The Kier molecular flexibility index (Phi) is 3.93. The van der Waals surface area contributed by atoms with Crippen LogP contribution in [0.3, 0.4) is 0 Å². The number of aliphatic hydroxyl groups is 1. The summed E-state index contributed by atoms with van der Waals surface area (Å²) >= 11 is 14.0. The van der Waals surface area contributed by atoms with Crippen LogP contribution in [-0.4, -0.2) is 68.7 Å². The number of fused-ring (bicyclic) bond motifs is 4. The number of hydrogen-bond acceptors (Lipinski definition) is 9. The Morgan fingerprint density at radius 2 is 1.97 bits per heavy atom. The third-order valence-electron chi connectivity index (χ3n) is 7.62. The highest BCUT2D eigenvalue weighted by atomic mass is 79.9. The first-order valence-electron chi connectivity index (χ1n) is 9.82. The van der Waals surface area contributed by atoms with Crippen molar-refractivity contribution < 1.29 is 9.90 Å². The zero-order chi connectivity index (χ0) is 22.0. The van der Waals surface area contributed by atoms with Gasteiger partial charge in [-0.05, 0) is 50.2 Å². The summed E-state index contributed by atoms with van der Waals surface area (Å²) < 4.78 is 1.34. The van der Waals surface area contributed by atoms with Crippen molar-refractivity contribution in [1.82, 2.24) is 20.5 Å². The molecule has 6 rings (SSSR count). The molecule has 5 heterocycles. The molecular formula is C17H20Br2ClN9O2. The minimum Gasteiger partial charge on any atom is -0.370 e. The predicted octanol–water partition coefficient (Wildman–Crippen LogP) is -0.932. The van der Waals surface area contributed by atoms with Crippen LogP contribution in [0.25, 0.3) is 0 Å². The Morgan fingerprint density at radius 1 is 1.26 bits per heavy atom. The summed E-state index contributed by atoms with van der Waals surface area (Å²) in [5, 5.41) is 17.0. The van der Waals surface area contributed by atoms with Crippen LogP contribution in [0.2, 0.25) is 0 Å². The molecule has 1 saturated heterocycles. The largest absolute Gasteiger partial charge is 0.370 e. The number of carbonyl (C=O) groups is 1. The fraction of sp³-hybridized carbons (Fsp3) is 0.588. The van der Waals surface area contributed by atoms with E-state index in [1.807, 2.05) is 0 Å². The Hall–Kier alpha value is -1.54. The number of alkyl halides is 1. The Bertz CT molecular complexity index is 1090. The standard InChI is InChI=1S/C17H20Br2ClN9O2/c18-6-5-7(24-11(6)19)12(30)29-2-4-3(1-21)9(20)16(13(31)26-15(23)27-16)8(4)17(29)10(5)25-14(22)28-17/h3-4,8-10,13,24,31H,1-2,21H2,(H3,22,25,28)(H3,23,26,27). The average Bonchev–Trinajstić information content (AvgIpc) is 3.43. The molecule has 1 saturated carbocycles. The highest BCUT2D eigenvalue weighted by molar-refractivity contribution is 9.13. The van der Waals surface area contributed by atoms with Crippen LogP contribution >= 0.6 is 43.5 Å². The van der Waals surface area contributed by atoms with Gasteiger partial charge in [-0.15, -0.1) is 11.6 Å². The molecule has 11 nitrogen and oxygen atoms in total. The van der Waals surface area contributed by atoms with E-state index in [-0.39, 0.29) is 36.2 Å². The van der Waals surface area contributed by atoms with Crippen molar-refractivity contribution in [1.29, 1.82) is 0 Å². The van der Waals surface area contributed by atoms with E-state index >= 15 is 0 Å². The molecular weight excluding hydrogens is 558 g/mol. The molecule has 31 heavy (non-hydrogen) atoms. The van der Waals surface area contributed by atoms with Gasteiger partial charge < -0.3 is 42.8 Å². The van der Waals surface area contributed by atoms with Gasteiger partial charge in [-0.2, -0.15) is 0 Å². The van der Waals surface area contributed by atoms with E-state index < -0.39 is 34.8 Å². The van der Waals surface area contributed by atoms with Crippen LogP contribution in [-0.2, 0) is 0 Å². The Balaban J connectivity index is 1.62. The number of halogens is 3. The van der Waals surface area contributed by atoms with E-state index in [1.165, 1.54) is 0 Å². The molecule has 10 N–H and O–H groups in total. The van der Waals surface area contributed by atoms with Gasteiger partial charge in [0, 0.05) is 18.0 Å². The van der Waals surface area contributed by atoms with Crippen molar-refractivity contribution in [2.75, 3.05) is 13.1 Å². The number of aromatic amines is 1. The number of aromatic nitrogens is 1. The second-order valence-corrected chi connectivity index (χ2v) is 10.8. The van der Waals surface area contributed by atoms with Gasteiger partial charge in [0.25, 0.3) is 5.91 Å². The maximum absolute atomic E-state index is 13.7. The summed E-state index contributed by atoms with van der Waals surface area (Å²) in [6.07, 6.45) is -1.21. The summed E-state index contributed by atoms with van der Waals surface area (Å²) in [6, 6.07) is -0.541. The number of nitrogens with two attached hydrogens (primary N) is 3. The lowest BCUT2D eigenvalue weighted by molar-refractivity contribution is -0.0124. The number of guanidine groups is 2. The van der Waals surface area contributed by atoms with Crippen molar-refractivity contribution in [2.45, 2.75) is 28.8 Å². The van der Waals surface area contributed by atoms with Crippen molar-refractivity contribution in [2.24, 2.45) is 44.9 Å². The van der Waals surface area contributed by atoms with E-state index in [4.69, 9.17) is 33.8 Å². The summed E-state index contributed by atoms with van der Waals surface area (Å²) in [4.78, 5) is 27.4. The molecule has 1 amide bonds. The Labute approximate surface area is 198 Å². The molecule has 8 atom stereocenters. The number of amides is 1. The monoisotopic (exact) mass is 575 g/mol. The summed E-state index contributed by atoms with van der Waals surface area (Å²) in [5.41, 5.74) is 17.3. The summed E-state index contributed by atoms with van der Waals surface area (Å²) in [5.74, 6) is -0.644. The number of nitrogens with zero attached hydrogens (tertiary/aromatic N) is 3. The molecule has 5 aliphatic rings. The molecule has 1 aliphatic carbocycles. The highest BCUT2D eigenvalue weighted by Crippen LogP contribution is 2.65. The summed E-state index contributed by atoms with van der Waals surface area (Å²) in [6.45, 7) is 0.662. The van der Waals surface area contributed by atoms with Gasteiger partial charge in [0.15, 0.2) is 18.1 Å². The van der Waals surface area contributed by atoms with Gasteiger partial charge in [0.1, 0.15) is 22.9 Å². The fourth-order valence-electron chi connectivity index (χ4n) is 6.67. The quantitative estimate of drug-likeness (QED) is 0.210. The van der Waals surface area contributed by atoms with E-state index in [2.05, 4.69) is 52.5 Å². The van der Waals surface area contributed by atoms with Crippen LogP contribution in [0.4, 0.5) is 0 Å². The van der Waals surface area contributed by atoms with Crippen molar-refractivity contribution >= 4 is 61.3 Å². The zero-order valence-electron chi connectivity index (χ0n) is 15.9. The van der Waals surface area contributed by atoms with E-state index in [1.54, 1.807) is 4.90 Å². The van der Waals surface area contributed by atoms with Crippen LogP contribution in [0.5, 0.6) is 0 Å². The second-order valence-electron chi connectivity index (χ2n) is 8.71. The SMILES string of the molecule is NCC1C2CN3C(=O)c4[nH]c(Br)c(Br)c4C4N=C(N)NC43C2C2(NC(N)=NC2O)C1Cl. The minimum atomic E-state index is -1.21. The number of H-pyrrole nitrogens is 1. The maximum atomic E-state index is 13.7. The normalized spacial score (nSPS) is 44.4. The van der Waals surface area contributed by atoms with Crippen LogP contribution in [0, 0.1) is 17.8 Å². The van der Waals surface area contributed by atoms with E-state index in [0.717, 1.165) is 0 Å². The first-order valence-corrected chi connectivity index (χ1v) is 11.8. The lowest BCUT2D eigenvalue weighted by Gasteiger charge is -2.51. The maximum Gasteiger partial charge on any atom is 0.272 e.